The van der Waals surface area contributed by atoms with Gasteiger partial charge in [0.2, 0.25) is 20.0 Å². The van der Waals surface area contributed by atoms with Gasteiger partial charge in [-0.25, -0.2) is 27.1 Å². The van der Waals surface area contributed by atoms with Crippen molar-refractivity contribution in [3.63, 3.8) is 0 Å². The molecule has 4 N–H and O–H groups in total. The Labute approximate surface area is 276 Å². The van der Waals surface area contributed by atoms with Crippen LogP contribution in [0.5, 0.6) is 11.5 Å². The van der Waals surface area contributed by atoms with E-state index in [0.29, 0.717) is 22.6 Å². The van der Waals surface area contributed by atoms with E-state index in [1.165, 1.54) is 50.2 Å². The van der Waals surface area contributed by atoms with Crippen molar-refractivity contribution in [2.75, 3.05) is 0 Å². The number of ether oxygens (including phenoxy) is 2. The van der Waals surface area contributed by atoms with Crippen LogP contribution in [0.2, 0.25) is 0 Å². The second-order valence-corrected chi connectivity index (χ2v) is 13.1. The molecule has 45 heavy (non-hydrogen) atoms. The first-order valence-electron chi connectivity index (χ1n) is 12.5. The van der Waals surface area contributed by atoms with E-state index >= 15 is 0 Å². The van der Waals surface area contributed by atoms with E-state index in [2.05, 4.69) is 40.4 Å². The third kappa shape index (κ3) is 14.2. The van der Waals surface area contributed by atoms with E-state index in [1.54, 1.807) is 48.5 Å². The highest BCUT2D eigenvalue weighted by Crippen LogP contribution is 2.14. The highest BCUT2D eigenvalue weighted by Gasteiger charge is 2.06. The number of nitrogens with two attached hydrogens (primary N) is 2. The summed E-state index contributed by atoms with van der Waals surface area (Å²) in [6.45, 7) is 2.72. The van der Waals surface area contributed by atoms with Crippen LogP contribution in [-0.2, 0) is 29.6 Å². The third-order valence-electron chi connectivity index (χ3n) is 5.07. The van der Waals surface area contributed by atoms with Crippen LogP contribution < -0.4 is 19.8 Å². The maximum atomic E-state index is 11.1. The molecule has 0 radical (unpaired) electrons. The van der Waals surface area contributed by atoms with Crippen molar-refractivity contribution in [3.8, 4) is 35.7 Å². The molecule has 0 fully saturated rings. The molecule has 0 aromatic heterocycles. The molecule has 0 aliphatic carbocycles. The molecule has 13 heteroatoms. The van der Waals surface area contributed by atoms with E-state index in [0.717, 1.165) is 9.13 Å². The van der Waals surface area contributed by atoms with Crippen LogP contribution in [0.4, 0.5) is 0 Å². The largest absolute Gasteiger partial charge is 0.427 e. The zero-order chi connectivity index (χ0) is 33.6. The molecule has 0 saturated heterocycles. The summed E-state index contributed by atoms with van der Waals surface area (Å²) in [5.41, 5.74) is 2.03. The van der Waals surface area contributed by atoms with Gasteiger partial charge in [0.15, 0.2) is 0 Å². The van der Waals surface area contributed by atoms with Crippen molar-refractivity contribution < 1.29 is 35.9 Å². The van der Waals surface area contributed by atoms with Crippen LogP contribution in [0.15, 0.2) is 107 Å². The Hall–Kier alpha value is -4.51. The first-order valence-corrected chi connectivity index (χ1v) is 16.7. The van der Waals surface area contributed by atoms with E-state index in [4.69, 9.17) is 26.2 Å². The summed E-state index contributed by atoms with van der Waals surface area (Å²) in [4.78, 5) is 21.4. The summed E-state index contributed by atoms with van der Waals surface area (Å²) >= 11 is 2.19. The fourth-order valence-corrected chi connectivity index (χ4v) is 4.44. The van der Waals surface area contributed by atoms with Gasteiger partial charge in [-0.2, -0.15) is 0 Å². The summed E-state index contributed by atoms with van der Waals surface area (Å²) in [5.74, 6) is 8.59. The summed E-state index contributed by atoms with van der Waals surface area (Å²) in [7, 11) is -7.29. The molecule has 10 nitrogen and oxygen atoms in total. The molecule has 0 atom stereocenters. The van der Waals surface area contributed by atoms with Crippen molar-refractivity contribution in [2.45, 2.75) is 23.6 Å². The SMILES string of the molecule is C#Cc1ccc(S(N)(=O)=O)cc1.CC(=O)Oc1ccc(C#Cc2ccc(S(N)(=O)=O)cc2)cc1.CC(=O)Oc1ccc(I)cc1. The normalized spacial score (nSPS) is 10.2. The fourth-order valence-electron chi connectivity index (χ4n) is 3.05. The van der Waals surface area contributed by atoms with Crippen LogP contribution in [0, 0.1) is 27.8 Å². The number of terminal acetylenes is 1. The highest BCUT2D eigenvalue weighted by atomic mass is 127. The molecular weight excluding hydrogens is 731 g/mol. The molecule has 0 heterocycles. The maximum absolute atomic E-state index is 11.1. The number of carbonyl (C=O) groups is 2. The topological polar surface area (TPSA) is 173 Å². The van der Waals surface area contributed by atoms with Gasteiger partial charge in [-0.3, -0.25) is 9.59 Å². The molecule has 0 bridgehead atoms. The van der Waals surface area contributed by atoms with Crippen LogP contribution in [0.1, 0.15) is 30.5 Å². The molecule has 4 aromatic carbocycles. The van der Waals surface area contributed by atoms with E-state index in [-0.39, 0.29) is 21.7 Å². The van der Waals surface area contributed by atoms with Crippen molar-refractivity contribution in [2.24, 2.45) is 10.3 Å². The van der Waals surface area contributed by atoms with E-state index in [9.17, 15) is 26.4 Å². The predicted octanol–water partition coefficient (Wildman–Crippen LogP) is 4.19. The summed E-state index contributed by atoms with van der Waals surface area (Å²) in [6, 6.07) is 25.9. The standard InChI is InChI=1S/C16H13NO4S.C8H7IO2.C8H7NO2S/c1-12(18)21-15-8-4-13(5-9-15)2-3-14-6-10-16(11-7-14)22(17,19)20;1-6(10)11-8-4-2-7(9)3-5-8;1-2-7-3-5-8(6-4-7)12(9,10)11/h4-11H,1H3,(H2,17,19,20);2-5H,1H3;1,3-6H,(H2,9,10,11). The lowest BCUT2D eigenvalue weighted by Crippen LogP contribution is -2.11. The van der Waals surface area contributed by atoms with Crippen molar-refractivity contribution in [1.82, 2.24) is 0 Å². The molecule has 4 aromatic rings. The Morgan fingerprint density at radius 3 is 1.22 bits per heavy atom. The Morgan fingerprint density at radius 1 is 0.600 bits per heavy atom. The van der Waals surface area contributed by atoms with Gasteiger partial charge in [0.05, 0.1) is 9.79 Å². The van der Waals surface area contributed by atoms with Gasteiger partial charge in [-0.15, -0.1) is 6.42 Å². The molecule has 0 unspecified atom stereocenters. The lowest BCUT2D eigenvalue weighted by atomic mass is 10.2. The minimum atomic E-state index is -3.69. The first-order chi connectivity index (χ1) is 21.1. The predicted molar refractivity (Wildman–Crippen MR) is 178 cm³/mol. The molecule has 0 saturated carbocycles. The number of esters is 2. The number of rotatable bonds is 4. The van der Waals surface area contributed by atoms with Gasteiger partial charge in [-0.05, 0) is 120 Å². The van der Waals surface area contributed by atoms with Crippen molar-refractivity contribution in [1.29, 1.82) is 0 Å². The molecule has 0 aliphatic rings. The minimum absolute atomic E-state index is 0.0452. The Balaban J connectivity index is 0.000000259. The smallest absolute Gasteiger partial charge is 0.308 e. The van der Waals surface area contributed by atoms with Gasteiger partial charge >= 0.3 is 11.9 Å². The Morgan fingerprint density at radius 2 is 0.911 bits per heavy atom. The van der Waals surface area contributed by atoms with Crippen molar-refractivity contribution >= 4 is 54.6 Å². The van der Waals surface area contributed by atoms with Gasteiger partial charge in [-0.1, -0.05) is 17.8 Å². The number of primary sulfonamides is 2. The average molecular weight is 759 g/mol. The number of hydrogen-bond donors (Lipinski definition) is 2. The van der Waals surface area contributed by atoms with Crippen LogP contribution in [0.3, 0.4) is 0 Å². The highest BCUT2D eigenvalue weighted by molar-refractivity contribution is 14.1. The maximum Gasteiger partial charge on any atom is 0.308 e. The van der Waals surface area contributed by atoms with Crippen LogP contribution in [-0.4, -0.2) is 28.8 Å². The number of benzene rings is 4. The number of sulfonamides is 2. The zero-order valence-electron chi connectivity index (χ0n) is 23.9. The van der Waals surface area contributed by atoms with Crippen LogP contribution in [0.25, 0.3) is 0 Å². The summed E-state index contributed by atoms with van der Waals surface area (Å²) in [5, 5.41) is 9.89. The minimum Gasteiger partial charge on any atom is -0.427 e. The lowest BCUT2D eigenvalue weighted by Gasteiger charge is -2.00. The number of carbonyl (C=O) groups excluding carboxylic acids is 2. The number of hydrogen-bond acceptors (Lipinski definition) is 8. The fraction of sp³-hybridized carbons (Fsp3) is 0.0625. The van der Waals surface area contributed by atoms with Gasteiger partial charge in [0.25, 0.3) is 0 Å². The monoisotopic (exact) mass is 758 g/mol. The first kappa shape index (κ1) is 36.7. The van der Waals surface area contributed by atoms with E-state index < -0.39 is 20.0 Å². The van der Waals surface area contributed by atoms with Crippen molar-refractivity contribution in [3.05, 3.63) is 117 Å². The second kappa shape index (κ2) is 17.1. The molecule has 232 valence electrons. The molecule has 0 spiro atoms. The average Bonchev–Trinajstić information content (AvgIpc) is 2.97. The van der Waals surface area contributed by atoms with Gasteiger partial charge in [0, 0.05) is 34.1 Å². The Kier molecular flexibility index (Phi) is 13.9. The van der Waals surface area contributed by atoms with Gasteiger partial charge < -0.3 is 9.47 Å². The number of halogens is 1. The zero-order valence-corrected chi connectivity index (χ0v) is 27.7. The molecule has 0 amide bonds. The second-order valence-electron chi connectivity index (χ2n) is 8.70. The Bertz CT molecular complexity index is 1940. The van der Waals surface area contributed by atoms with Crippen LogP contribution >= 0.6 is 22.6 Å². The van der Waals surface area contributed by atoms with Gasteiger partial charge in [0.1, 0.15) is 11.5 Å². The third-order valence-corrected chi connectivity index (χ3v) is 7.65. The lowest BCUT2D eigenvalue weighted by molar-refractivity contribution is -0.132. The molecule has 0 aliphatic heterocycles. The molecular formula is C32H27IN2O8S2. The van der Waals surface area contributed by atoms with E-state index in [1.807, 2.05) is 12.1 Å². The molecule has 4 rings (SSSR count). The summed E-state index contributed by atoms with van der Waals surface area (Å²) in [6.07, 6.45) is 5.08. The quantitative estimate of drug-likeness (QED) is 0.135. The summed E-state index contributed by atoms with van der Waals surface area (Å²) < 4.78 is 54.7.